The van der Waals surface area contributed by atoms with E-state index in [1.165, 1.54) is 6.42 Å². The van der Waals surface area contributed by atoms with Gasteiger partial charge in [-0.1, -0.05) is 19.8 Å². The van der Waals surface area contributed by atoms with E-state index in [1.807, 2.05) is 0 Å². The van der Waals surface area contributed by atoms with E-state index in [2.05, 4.69) is 17.6 Å². The first-order valence-electron chi connectivity index (χ1n) is 7.50. The molecule has 0 saturated heterocycles. The maximum Gasteiger partial charge on any atom is 0.254 e. The van der Waals surface area contributed by atoms with Gasteiger partial charge in [-0.15, -0.1) is 0 Å². The fourth-order valence-corrected chi connectivity index (χ4v) is 2.72. The number of carbonyl (C=O) groups excluding carboxylic acids is 2. The van der Waals surface area contributed by atoms with Crippen LogP contribution in [0.5, 0.6) is 0 Å². The van der Waals surface area contributed by atoms with Crippen LogP contribution in [0.4, 0.5) is 8.78 Å². The van der Waals surface area contributed by atoms with E-state index in [0.29, 0.717) is 12.0 Å². The molecule has 1 fully saturated rings. The van der Waals surface area contributed by atoms with Gasteiger partial charge in [0.05, 0.1) is 12.1 Å². The van der Waals surface area contributed by atoms with E-state index in [9.17, 15) is 18.4 Å². The Morgan fingerprint density at radius 2 is 1.95 bits per heavy atom. The van der Waals surface area contributed by atoms with Crippen molar-refractivity contribution >= 4 is 11.8 Å². The van der Waals surface area contributed by atoms with Crippen LogP contribution >= 0.6 is 0 Å². The molecule has 6 heteroatoms. The number of hydrogen-bond acceptors (Lipinski definition) is 2. The molecule has 2 N–H and O–H groups in total. The van der Waals surface area contributed by atoms with Gasteiger partial charge in [-0.3, -0.25) is 9.59 Å². The van der Waals surface area contributed by atoms with Crippen molar-refractivity contribution in [1.29, 1.82) is 0 Å². The van der Waals surface area contributed by atoms with Gasteiger partial charge in [0.1, 0.15) is 11.6 Å². The summed E-state index contributed by atoms with van der Waals surface area (Å²) in [6.45, 7) is 1.87. The van der Waals surface area contributed by atoms with Crippen LogP contribution in [0.15, 0.2) is 18.2 Å². The van der Waals surface area contributed by atoms with Crippen LogP contribution in [0.2, 0.25) is 0 Å². The summed E-state index contributed by atoms with van der Waals surface area (Å²) in [5.41, 5.74) is -0.278. The molecule has 0 radical (unpaired) electrons. The number of carbonyl (C=O) groups is 2. The summed E-state index contributed by atoms with van der Waals surface area (Å²) in [4.78, 5) is 23.6. The number of nitrogens with one attached hydrogen (secondary N) is 2. The monoisotopic (exact) mass is 310 g/mol. The summed E-state index contributed by atoms with van der Waals surface area (Å²) < 4.78 is 26.2. The Kier molecular flexibility index (Phi) is 5.46. The SMILES string of the molecule is CC1CCCCC1NC(=O)CNC(=O)c1ccc(F)cc1F. The molecule has 1 aromatic rings. The largest absolute Gasteiger partial charge is 0.352 e. The number of rotatable bonds is 4. The van der Waals surface area contributed by atoms with E-state index in [1.54, 1.807) is 0 Å². The second-order valence-electron chi connectivity index (χ2n) is 5.74. The minimum atomic E-state index is -0.946. The van der Waals surface area contributed by atoms with Crippen LogP contribution in [0.25, 0.3) is 0 Å². The number of halogens is 2. The summed E-state index contributed by atoms with van der Waals surface area (Å²) in [5.74, 6) is -2.31. The molecular weight excluding hydrogens is 290 g/mol. The predicted octanol–water partition coefficient (Wildman–Crippen LogP) is 2.39. The van der Waals surface area contributed by atoms with Crippen LogP contribution in [-0.2, 0) is 4.79 Å². The van der Waals surface area contributed by atoms with Crippen LogP contribution in [0.3, 0.4) is 0 Å². The third-order valence-corrected chi connectivity index (χ3v) is 4.04. The Bertz CT molecular complexity index is 563. The Balaban J connectivity index is 1.84. The molecule has 120 valence electrons. The van der Waals surface area contributed by atoms with Gasteiger partial charge in [-0.05, 0) is 30.9 Å². The molecule has 0 aliphatic heterocycles. The summed E-state index contributed by atoms with van der Waals surface area (Å²) in [6.07, 6.45) is 4.28. The number of benzene rings is 1. The zero-order valence-electron chi connectivity index (χ0n) is 12.5. The van der Waals surface area contributed by atoms with Crippen LogP contribution in [-0.4, -0.2) is 24.4 Å². The smallest absolute Gasteiger partial charge is 0.254 e. The first-order chi connectivity index (χ1) is 10.5. The molecule has 0 spiro atoms. The lowest BCUT2D eigenvalue weighted by atomic mass is 9.86. The molecular formula is C16H20F2N2O2. The predicted molar refractivity (Wildman–Crippen MR) is 78.3 cm³/mol. The third kappa shape index (κ3) is 4.26. The minimum Gasteiger partial charge on any atom is -0.352 e. The molecule has 0 heterocycles. The normalized spacial score (nSPS) is 21.2. The quantitative estimate of drug-likeness (QED) is 0.897. The van der Waals surface area contributed by atoms with Crippen molar-refractivity contribution in [1.82, 2.24) is 10.6 Å². The van der Waals surface area contributed by atoms with Gasteiger partial charge in [-0.2, -0.15) is 0 Å². The van der Waals surface area contributed by atoms with Crippen LogP contribution < -0.4 is 10.6 Å². The standard InChI is InChI=1S/C16H20F2N2O2/c1-10-4-2-3-5-14(10)20-15(21)9-19-16(22)12-7-6-11(17)8-13(12)18/h6-8,10,14H,2-5,9H2,1H3,(H,19,22)(H,20,21). The number of hydrogen-bond donors (Lipinski definition) is 2. The lowest BCUT2D eigenvalue weighted by Crippen LogP contribution is -2.45. The molecule has 1 saturated carbocycles. The molecule has 2 atom stereocenters. The van der Waals surface area contributed by atoms with Gasteiger partial charge in [-0.25, -0.2) is 8.78 Å². The molecule has 2 unspecified atom stereocenters. The van der Waals surface area contributed by atoms with Gasteiger partial charge in [0, 0.05) is 12.1 Å². The topological polar surface area (TPSA) is 58.2 Å². The average Bonchev–Trinajstić information content (AvgIpc) is 2.47. The Labute approximate surface area is 128 Å². The molecule has 1 aliphatic carbocycles. The highest BCUT2D eigenvalue weighted by Crippen LogP contribution is 2.23. The highest BCUT2D eigenvalue weighted by atomic mass is 19.1. The van der Waals surface area contributed by atoms with E-state index in [0.717, 1.165) is 31.4 Å². The summed E-state index contributed by atoms with van der Waals surface area (Å²) in [7, 11) is 0. The lowest BCUT2D eigenvalue weighted by molar-refractivity contribution is -0.121. The summed E-state index contributed by atoms with van der Waals surface area (Å²) in [5, 5.41) is 5.24. The third-order valence-electron chi connectivity index (χ3n) is 4.04. The van der Waals surface area contributed by atoms with Gasteiger partial charge in [0.25, 0.3) is 5.91 Å². The van der Waals surface area contributed by atoms with Crippen LogP contribution in [0.1, 0.15) is 43.0 Å². The van der Waals surface area contributed by atoms with Crippen molar-refractivity contribution < 1.29 is 18.4 Å². The van der Waals surface area contributed by atoms with Crippen molar-refractivity contribution in [3.05, 3.63) is 35.4 Å². The Hall–Kier alpha value is -1.98. The highest BCUT2D eigenvalue weighted by Gasteiger charge is 2.23. The van der Waals surface area contributed by atoms with Crippen molar-refractivity contribution in [3.63, 3.8) is 0 Å². The molecule has 2 rings (SSSR count). The molecule has 4 nitrogen and oxygen atoms in total. The fourth-order valence-electron chi connectivity index (χ4n) is 2.72. The Morgan fingerprint density at radius 1 is 1.23 bits per heavy atom. The van der Waals surface area contributed by atoms with E-state index >= 15 is 0 Å². The highest BCUT2D eigenvalue weighted by molar-refractivity contribution is 5.96. The molecule has 0 bridgehead atoms. The Morgan fingerprint density at radius 3 is 2.64 bits per heavy atom. The first-order valence-corrected chi connectivity index (χ1v) is 7.50. The second kappa shape index (κ2) is 7.33. The second-order valence-corrected chi connectivity index (χ2v) is 5.74. The molecule has 1 aromatic carbocycles. The summed E-state index contributed by atoms with van der Waals surface area (Å²) >= 11 is 0. The first kappa shape index (κ1) is 16.4. The molecule has 22 heavy (non-hydrogen) atoms. The molecule has 1 aliphatic rings. The van der Waals surface area contributed by atoms with Crippen molar-refractivity contribution in [3.8, 4) is 0 Å². The van der Waals surface area contributed by atoms with Gasteiger partial charge >= 0.3 is 0 Å². The maximum absolute atomic E-state index is 13.4. The van der Waals surface area contributed by atoms with Crippen molar-refractivity contribution in [2.75, 3.05) is 6.54 Å². The average molecular weight is 310 g/mol. The fraction of sp³-hybridized carbons (Fsp3) is 0.500. The van der Waals surface area contributed by atoms with Crippen molar-refractivity contribution in [2.24, 2.45) is 5.92 Å². The maximum atomic E-state index is 13.4. The lowest BCUT2D eigenvalue weighted by Gasteiger charge is -2.29. The molecule has 0 aromatic heterocycles. The molecule has 2 amide bonds. The van der Waals surface area contributed by atoms with E-state index < -0.39 is 17.5 Å². The van der Waals surface area contributed by atoms with E-state index in [4.69, 9.17) is 0 Å². The zero-order chi connectivity index (χ0) is 16.1. The van der Waals surface area contributed by atoms with Gasteiger partial charge in [0.15, 0.2) is 0 Å². The summed E-state index contributed by atoms with van der Waals surface area (Å²) in [6, 6.07) is 2.82. The van der Waals surface area contributed by atoms with Crippen LogP contribution in [0, 0.1) is 17.6 Å². The van der Waals surface area contributed by atoms with Crippen molar-refractivity contribution in [2.45, 2.75) is 38.6 Å². The van der Waals surface area contributed by atoms with Gasteiger partial charge in [0.2, 0.25) is 5.91 Å². The zero-order valence-corrected chi connectivity index (χ0v) is 12.5. The van der Waals surface area contributed by atoms with E-state index in [-0.39, 0.29) is 24.1 Å². The number of amides is 2. The minimum absolute atomic E-state index is 0.126. The van der Waals surface area contributed by atoms with Gasteiger partial charge < -0.3 is 10.6 Å².